The second-order valence-electron chi connectivity index (χ2n) is 5.34. The molecule has 0 unspecified atom stereocenters. The van der Waals surface area contributed by atoms with Crippen LogP contribution in [0.3, 0.4) is 0 Å². The smallest absolute Gasteiger partial charge is 0.131 e. The molecule has 0 radical (unpaired) electrons. The maximum atomic E-state index is 13.7. The van der Waals surface area contributed by atoms with E-state index in [9.17, 15) is 8.78 Å². The van der Waals surface area contributed by atoms with Crippen molar-refractivity contribution in [3.05, 3.63) is 34.9 Å². The Morgan fingerprint density at radius 1 is 1.32 bits per heavy atom. The van der Waals surface area contributed by atoms with Crippen molar-refractivity contribution in [3.8, 4) is 6.07 Å². The SMILES string of the molecule is CCC1(CNCc2c(F)cc(C#N)cc2F)CCC1. The molecule has 0 heterocycles. The van der Waals surface area contributed by atoms with Crippen molar-refractivity contribution in [1.29, 1.82) is 5.26 Å². The number of nitrogens with zero attached hydrogens (tertiary/aromatic N) is 1. The maximum absolute atomic E-state index is 13.7. The van der Waals surface area contributed by atoms with Crippen molar-refractivity contribution in [2.24, 2.45) is 5.41 Å². The molecule has 0 aliphatic heterocycles. The van der Waals surface area contributed by atoms with Gasteiger partial charge < -0.3 is 5.32 Å². The summed E-state index contributed by atoms with van der Waals surface area (Å²) in [5.74, 6) is -1.30. The second-order valence-corrected chi connectivity index (χ2v) is 5.34. The van der Waals surface area contributed by atoms with E-state index in [-0.39, 0.29) is 17.7 Å². The van der Waals surface area contributed by atoms with Crippen molar-refractivity contribution in [1.82, 2.24) is 5.32 Å². The van der Waals surface area contributed by atoms with E-state index < -0.39 is 11.6 Å². The van der Waals surface area contributed by atoms with E-state index >= 15 is 0 Å². The number of rotatable bonds is 5. The summed E-state index contributed by atoms with van der Waals surface area (Å²) in [6, 6.07) is 3.91. The summed E-state index contributed by atoms with van der Waals surface area (Å²) in [4.78, 5) is 0. The predicted molar refractivity (Wildman–Crippen MR) is 69.4 cm³/mol. The van der Waals surface area contributed by atoms with Crippen LogP contribution in [-0.2, 0) is 6.54 Å². The zero-order valence-corrected chi connectivity index (χ0v) is 11.1. The van der Waals surface area contributed by atoms with Crippen LogP contribution in [0, 0.1) is 28.4 Å². The molecule has 0 saturated heterocycles. The van der Waals surface area contributed by atoms with Gasteiger partial charge in [-0.1, -0.05) is 13.3 Å². The van der Waals surface area contributed by atoms with Gasteiger partial charge >= 0.3 is 0 Å². The molecular weight excluding hydrogens is 246 g/mol. The molecule has 1 aromatic carbocycles. The minimum atomic E-state index is -0.650. The first kappa shape index (κ1) is 14.0. The molecule has 4 heteroatoms. The van der Waals surface area contributed by atoms with Crippen LogP contribution < -0.4 is 5.32 Å². The quantitative estimate of drug-likeness (QED) is 0.883. The van der Waals surface area contributed by atoms with Gasteiger partial charge in [0.1, 0.15) is 11.6 Å². The molecule has 1 fully saturated rings. The lowest BCUT2D eigenvalue weighted by molar-refractivity contribution is 0.123. The standard InChI is InChI=1S/C15H18F2N2/c1-2-15(4-3-5-15)10-19-9-12-13(16)6-11(8-18)7-14(12)17/h6-7,19H,2-5,9-10H2,1H3. The third-order valence-corrected chi connectivity index (χ3v) is 4.24. The minimum absolute atomic E-state index is 0.0165. The number of hydrogen-bond acceptors (Lipinski definition) is 2. The molecule has 0 bridgehead atoms. The lowest BCUT2D eigenvalue weighted by Gasteiger charge is -2.41. The van der Waals surface area contributed by atoms with Crippen LogP contribution in [0.1, 0.15) is 43.7 Å². The fourth-order valence-electron chi connectivity index (χ4n) is 2.62. The monoisotopic (exact) mass is 264 g/mol. The van der Waals surface area contributed by atoms with Crippen molar-refractivity contribution in [2.45, 2.75) is 39.2 Å². The normalized spacial score (nSPS) is 16.7. The average Bonchev–Trinajstić information content (AvgIpc) is 2.35. The van der Waals surface area contributed by atoms with Crippen molar-refractivity contribution >= 4 is 0 Å². The van der Waals surface area contributed by atoms with Gasteiger partial charge in [0.05, 0.1) is 11.6 Å². The van der Waals surface area contributed by atoms with E-state index in [1.807, 2.05) is 0 Å². The van der Waals surface area contributed by atoms with Crippen molar-refractivity contribution < 1.29 is 8.78 Å². The van der Waals surface area contributed by atoms with Crippen molar-refractivity contribution in [3.63, 3.8) is 0 Å². The Morgan fingerprint density at radius 3 is 2.37 bits per heavy atom. The third-order valence-electron chi connectivity index (χ3n) is 4.24. The molecule has 2 nitrogen and oxygen atoms in total. The molecule has 102 valence electrons. The summed E-state index contributed by atoms with van der Waals surface area (Å²) < 4.78 is 27.3. The first-order valence-electron chi connectivity index (χ1n) is 6.69. The van der Waals surface area contributed by atoms with E-state index in [4.69, 9.17) is 5.26 Å². The van der Waals surface area contributed by atoms with Crippen LogP contribution in [0.2, 0.25) is 0 Å². The summed E-state index contributed by atoms with van der Waals surface area (Å²) in [6.45, 7) is 3.12. The molecule has 2 rings (SSSR count). The second kappa shape index (κ2) is 5.66. The fraction of sp³-hybridized carbons (Fsp3) is 0.533. The molecule has 0 amide bonds. The van der Waals surface area contributed by atoms with E-state index in [0.717, 1.165) is 25.1 Å². The Morgan fingerprint density at radius 2 is 1.95 bits per heavy atom. The van der Waals surface area contributed by atoms with Crippen LogP contribution in [0.25, 0.3) is 0 Å². The highest BCUT2D eigenvalue weighted by Crippen LogP contribution is 2.43. The summed E-state index contributed by atoms with van der Waals surface area (Å²) in [5.41, 5.74) is 0.354. The van der Waals surface area contributed by atoms with E-state index in [1.165, 1.54) is 19.3 Å². The number of nitrogens with one attached hydrogen (secondary N) is 1. The molecule has 0 spiro atoms. The van der Waals surface area contributed by atoms with Crippen LogP contribution in [0.5, 0.6) is 0 Å². The van der Waals surface area contributed by atoms with Gasteiger partial charge in [-0.15, -0.1) is 0 Å². The highest BCUT2D eigenvalue weighted by molar-refractivity contribution is 5.34. The van der Waals surface area contributed by atoms with E-state index in [1.54, 1.807) is 6.07 Å². The Kier molecular flexibility index (Phi) is 4.16. The van der Waals surface area contributed by atoms with E-state index in [0.29, 0.717) is 5.41 Å². The van der Waals surface area contributed by atoms with Gasteiger partial charge in [0, 0.05) is 18.7 Å². The Hall–Kier alpha value is -1.47. The fourth-order valence-corrected chi connectivity index (χ4v) is 2.62. The van der Waals surface area contributed by atoms with Gasteiger partial charge in [-0.2, -0.15) is 5.26 Å². The highest BCUT2D eigenvalue weighted by atomic mass is 19.1. The number of halogens is 2. The molecule has 1 aromatic rings. The van der Waals surface area contributed by atoms with Gasteiger partial charge in [-0.05, 0) is 36.8 Å². The lowest BCUT2D eigenvalue weighted by Crippen LogP contribution is -2.39. The maximum Gasteiger partial charge on any atom is 0.131 e. The lowest BCUT2D eigenvalue weighted by atomic mass is 9.67. The van der Waals surface area contributed by atoms with E-state index in [2.05, 4.69) is 12.2 Å². The summed E-state index contributed by atoms with van der Waals surface area (Å²) in [5, 5.41) is 11.8. The van der Waals surface area contributed by atoms with Gasteiger partial charge in [-0.25, -0.2) is 8.78 Å². The van der Waals surface area contributed by atoms with Crippen molar-refractivity contribution in [2.75, 3.05) is 6.54 Å². The minimum Gasteiger partial charge on any atom is -0.312 e. The number of nitriles is 1. The van der Waals surface area contributed by atoms with Gasteiger partial charge in [-0.3, -0.25) is 0 Å². The molecule has 1 saturated carbocycles. The highest BCUT2D eigenvalue weighted by Gasteiger charge is 2.34. The zero-order chi connectivity index (χ0) is 13.9. The average molecular weight is 264 g/mol. The molecular formula is C15H18F2N2. The molecule has 0 atom stereocenters. The molecule has 1 aliphatic rings. The first-order chi connectivity index (χ1) is 9.10. The number of benzene rings is 1. The summed E-state index contributed by atoms with van der Waals surface area (Å²) >= 11 is 0. The van der Waals surface area contributed by atoms with Crippen LogP contribution in [-0.4, -0.2) is 6.54 Å². The third kappa shape index (κ3) is 2.93. The zero-order valence-electron chi connectivity index (χ0n) is 11.1. The largest absolute Gasteiger partial charge is 0.312 e. The Labute approximate surface area is 112 Å². The predicted octanol–water partition coefficient (Wildman–Crippen LogP) is 3.51. The van der Waals surface area contributed by atoms with Gasteiger partial charge in [0.15, 0.2) is 0 Å². The van der Waals surface area contributed by atoms with Crippen LogP contribution >= 0.6 is 0 Å². The van der Waals surface area contributed by atoms with Gasteiger partial charge in [0.2, 0.25) is 0 Å². The molecule has 1 N–H and O–H groups in total. The molecule has 19 heavy (non-hydrogen) atoms. The molecule has 0 aromatic heterocycles. The topological polar surface area (TPSA) is 35.8 Å². The Bertz CT molecular complexity index is 473. The summed E-state index contributed by atoms with van der Waals surface area (Å²) in [6.07, 6.45) is 4.72. The molecule has 1 aliphatic carbocycles. The van der Waals surface area contributed by atoms with Crippen LogP contribution in [0.4, 0.5) is 8.78 Å². The van der Waals surface area contributed by atoms with Crippen LogP contribution in [0.15, 0.2) is 12.1 Å². The van der Waals surface area contributed by atoms with Gasteiger partial charge in [0.25, 0.3) is 0 Å². The Balaban J connectivity index is 1.98. The summed E-state index contributed by atoms with van der Waals surface area (Å²) in [7, 11) is 0. The first-order valence-corrected chi connectivity index (χ1v) is 6.69. The number of hydrogen-bond donors (Lipinski definition) is 1.